The molecule has 0 heterocycles. The summed E-state index contributed by atoms with van der Waals surface area (Å²) in [6.45, 7) is 5.22. The van der Waals surface area contributed by atoms with Gasteiger partial charge in [0.1, 0.15) is 11.6 Å². The monoisotopic (exact) mass is 275 g/mol. The number of carboxylic acid groups (broad SMARTS) is 1. The van der Waals surface area contributed by atoms with Crippen molar-refractivity contribution in [1.82, 2.24) is 5.32 Å². The van der Waals surface area contributed by atoms with Crippen LogP contribution in [0.4, 0.5) is 4.79 Å². The summed E-state index contributed by atoms with van der Waals surface area (Å²) in [5.41, 5.74) is -0.617. The third kappa shape index (κ3) is 6.74. The van der Waals surface area contributed by atoms with Crippen LogP contribution in [0.1, 0.15) is 33.6 Å². The predicted octanol–water partition coefficient (Wildman–Crippen LogP) is 2.11. The van der Waals surface area contributed by atoms with E-state index in [4.69, 9.17) is 9.84 Å². The summed E-state index contributed by atoms with van der Waals surface area (Å²) in [7, 11) is 0. The number of rotatable bonds is 6. The van der Waals surface area contributed by atoms with Crippen molar-refractivity contribution < 1.29 is 19.4 Å². The van der Waals surface area contributed by atoms with Gasteiger partial charge in [0.05, 0.1) is 0 Å². The Balaban J connectivity index is 2.31. The molecule has 18 heavy (non-hydrogen) atoms. The van der Waals surface area contributed by atoms with E-state index in [1.165, 1.54) is 12.8 Å². The molecule has 0 radical (unpaired) electrons. The van der Waals surface area contributed by atoms with Gasteiger partial charge in [0, 0.05) is 5.75 Å². The second-order valence-corrected chi connectivity index (χ2v) is 6.59. The van der Waals surface area contributed by atoms with Crippen molar-refractivity contribution in [3.05, 3.63) is 0 Å². The summed E-state index contributed by atoms with van der Waals surface area (Å²) in [6, 6.07) is -0.886. The number of hydrogen-bond donors (Lipinski definition) is 2. The number of hydrogen-bond acceptors (Lipinski definition) is 4. The molecule has 0 saturated heterocycles. The van der Waals surface area contributed by atoms with Gasteiger partial charge in [-0.3, -0.25) is 0 Å². The molecule has 5 nitrogen and oxygen atoms in total. The van der Waals surface area contributed by atoms with Crippen molar-refractivity contribution in [2.45, 2.75) is 45.3 Å². The molecule has 1 amide bonds. The van der Waals surface area contributed by atoms with E-state index in [2.05, 4.69) is 5.32 Å². The number of aliphatic carboxylic acids is 1. The molecule has 6 heteroatoms. The maximum absolute atomic E-state index is 11.5. The van der Waals surface area contributed by atoms with Crippen molar-refractivity contribution in [3.8, 4) is 0 Å². The van der Waals surface area contributed by atoms with Gasteiger partial charge in [0.25, 0.3) is 0 Å². The zero-order chi connectivity index (χ0) is 13.8. The Morgan fingerprint density at radius 1 is 1.44 bits per heavy atom. The third-order valence-corrected chi connectivity index (χ3v) is 3.60. The molecule has 2 N–H and O–H groups in total. The number of carboxylic acids is 1. The van der Waals surface area contributed by atoms with Crippen molar-refractivity contribution >= 4 is 23.8 Å². The number of alkyl carbamates (subject to hydrolysis) is 1. The van der Waals surface area contributed by atoms with E-state index in [9.17, 15) is 9.59 Å². The molecule has 0 bridgehead atoms. The van der Waals surface area contributed by atoms with E-state index in [1.807, 2.05) is 0 Å². The summed E-state index contributed by atoms with van der Waals surface area (Å²) in [4.78, 5) is 22.5. The number of carbonyl (C=O) groups is 2. The van der Waals surface area contributed by atoms with E-state index >= 15 is 0 Å². The molecule has 0 unspecified atom stereocenters. The summed E-state index contributed by atoms with van der Waals surface area (Å²) < 4.78 is 5.04. The Labute approximate surface area is 112 Å². The van der Waals surface area contributed by atoms with Crippen LogP contribution in [0.15, 0.2) is 0 Å². The lowest BCUT2D eigenvalue weighted by atomic mass is 10.2. The van der Waals surface area contributed by atoms with E-state index in [1.54, 1.807) is 32.5 Å². The molecule has 104 valence electrons. The van der Waals surface area contributed by atoms with Crippen molar-refractivity contribution in [3.63, 3.8) is 0 Å². The molecule has 1 saturated carbocycles. The van der Waals surface area contributed by atoms with Gasteiger partial charge in [0.15, 0.2) is 0 Å². The lowest BCUT2D eigenvalue weighted by Crippen LogP contribution is -2.45. The van der Waals surface area contributed by atoms with Crippen molar-refractivity contribution in [2.75, 3.05) is 11.5 Å². The Kier molecular flexibility index (Phi) is 5.31. The third-order valence-electron chi connectivity index (χ3n) is 2.32. The van der Waals surface area contributed by atoms with Gasteiger partial charge in [-0.05, 0) is 45.3 Å². The number of carbonyl (C=O) groups excluding carboxylic acids is 1. The molecular formula is C12H21NO4S. The summed E-state index contributed by atoms with van der Waals surface area (Å²) in [5, 5.41) is 11.4. The molecule has 1 atom stereocenters. The highest BCUT2D eigenvalue weighted by atomic mass is 32.2. The van der Waals surface area contributed by atoms with Crippen LogP contribution < -0.4 is 5.32 Å². The molecule has 1 aliphatic rings. The molecule has 1 rings (SSSR count). The Bertz CT molecular complexity index is 310. The summed E-state index contributed by atoms with van der Waals surface area (Å²) in [5.74, 6) is 1.07. The summed E-state index contributed by atoms with van der Waals surface area (Å²) in [6.07, 6.45) is 1.80. The maximum Gasteiger partial charge on any atom is 0.408 e. The largest absolute Gasteiger partial charge is 0.480 e. The summed E-state index contributed by atoms with van der Waals surface area (Å²) >= 11 is 1.57. The topological polar surface area (TPSA) is 75.6 Å². The van der Waals surface area contributed by atoms with Crippen molar-refractivity contribution in [2.24, 2.45) is 5.92 Å². The molecule has 1 fully saturated rings. The minimum Gasteiger partial charge on any atom is -0.480 e. The van der Waals surface area contributed by atoms with E-state index < -0.39 is 23.7 Å². The molecule has 0 aliphatic heterocycles. The molecule has 0 spiro atoms. The molecule has 0 aromatic carbocycles. The van der Waals surface area contributed by atoms with Gasteiger partial charge < -0.3 is 15.2 Å². The van der Waals surface area contributed by atoms with Crippen LogP contribution in [0.25, 0.3) is 0 Å². The zero-order valence-corrected chi connectivity index (χ0v) is 11.9. The normalized spacial score (nSPS) is 17.1. The van der Waals surface area contributed by atoms with Gasteiger partial charge in [0.2, 0.25) is 0 Å². The first kappa shape index (κ1) is 15.1. The van der Waals surface area contributed by atoms with Gasteiger partial charge in [-0.1, -0.05) is 0 Å². The number of nitrogens with one attached hydrogen (secondary N) is 1. The van der Waals surface area contributed by atoms with Gasteiger partial charge in [-0.2, -0.15) is 11.8 Å². The van der Waals surface area contributed by atoms with Crippen LogP contribution >= 0.6 is 11.8 Å². The Hall–Kier alpha value is -0.910. The second kappa shape index (κ2) is 6.31. The Morgan fingerprint density at radius 3 is 2.50 bits per heavy atom. The van der Waals surface area contributed by atoms with Gasteiger partial charge in [-0.15, -0.1) is 0 Å². The van der Waals surface area contributed by atoms with Crippen LogP contribution in [0.2, 0.25) is 0 Å². The molecule has 0 aromatic rings. The first-order chi connectivity index (χ1) is 8.28. The number of thioether (sulfide) groups is 1. The minimum absolute atomic E-state index is 0.380. The lowest BCUT2D eigenvalue weighted by molar-refractivity contribution is -0.138. The predicted molar refractivity (Wildman–Crippen MR) is 70.8 cm³/mol. The SMILES string of the molecule is CC(C)(C)OC(=O)N[C@@H](CSCC1CC1)C(=O)O. The van der Waals surface area contributed by atoms with E-state index in [0.29, 0.717) is 5.75 Å². The first-order valence-electron chi connectivity index (χ1n) is 6.08. The molecular weight excluding hydrogens is 254 g/mol. The highest BCUT2D eigenvalue weighted by Crippen LogP contribution is 2.32. The smallest absolute Gasteiger partial charge is 0.408 e. The van der Waals surface area contributed by atoms with Crippen LogP contribution in [-0.4, -0.2) is 40.3 Å². The number of amides is 1. The fourth-order valence-corrected chi connectivity index (χ4v) is 2.53. The van der Waals surface area contributed by atoms with Gasteiger partial charge >= 0.3 is 12.1 Å². The standard InChI is InChI=1S/C12H21NO4S/c1-12(2,3)17-11(16)13-9(10(14)15)7-18-6-8-4-5-8/h8-9H,4-7H2,1-3H3,(H,13,16)(H,14,15)/t9-/m0/s1. The average Bonchev–Trinajstić information content (AvgIpc) is 2.96. The fourth-order valence-electron chi connectivity index (χ4n) is 1.26. The quantitative estimate of drug-likeness (QED) is 0.776. The van der Waals surface area contributed by atoms with E-state index in [0.717, 1.165) is 11.7 Å². The van der Waals surface area contributed by atoms with Gasteiger partial charge in [-0.25, -0.2) is 9.59 Å². The highest BCUT2D eigenvalue weighted by Gasteiger charge is 2.26. The Morgan fingerprint density at radius 2 is 2.06 bits per heavy atom. The molecule has 0 aromatic heterocycles. The van der Waals surface area contributed by atoms with Crippen LogP contribution in [0, 0.1) is 5.92 Å². The average molecular weight is 275 g/mol. The maximum atomic E-state index is 11.5. The molecule has 1 aliphatic carbocycles. The van der Waals surface area contributed by atoms with E-state index in [-0.39, 0.29) is 0 Å². The van der Waals surface area contributed by atoms with Crippen LogP contribution in [-0.2, 0) is 9.53 Å². The second-order valence-electron chi connectivity index (χ2n) is 5.52. The van der Waals surface area contributed by atoms with Crippen LogP contribution in [0.3, 0.4) is 0 Å². The fraction of sp³-hybridized carbons (Fsp3) is 0.833. The zero-order valence-electron chi connectivity index (χ0n) is 11.1. The lowest BCUT2D eigenvalue weighted by Gasteiger charge is -2.21. The number of ether oxygens (including phenoxy) is 1. The highest BCUT2D eigenvalue weighted by molar-refractivity contribution is 7.99. The van der Waals surface area contributed by atoms with Crippen molar-refractivity contribution in [1.29, 1.82) is 0 Å². The first-order valence-corrected chi connectivity index (χ1v) is 7.23. The van der Waals surface area contributed by atoms with Crippen LogP contribution in [0.5, 0.6) is 0 Å². The minimum atomic E-state index is -1.02.